The van der Waals surface area contributed by atoms with Crippen molar-refractivity contribution in [1.29, 1.82) is 5.26 Å². The molecule has 2 aromatic rings. The largest absolute Gasteiger partial charge is 0.496 e. The fourth-order valence-corrected chi connectivity index (χ4v) is 2.68. The highest BCUT2D eigenvalue weighted by Gasteiger charge is 2.19. The molecule has 1 heterocycles. The fourth-order valence-electron chi connectivity index (χ4n) is 2.68. The third-order valence-electron chi connectivity index (χ3n) is 4.02. The molecule has 0 aromatic heterocycles. The first-order valence-electron chi connectivity index (χ1n) is 8.00. The van der Waals surface area contributed by atoms with Crippen LogP contribution in [0.3, 0.4) is 0 Å². The van der Waals surface area contributed by atoms with Gasteiger partial charge in [-0.25, -0.2) is 0 Å². The van der Waals surface area contributed by atoms with Crippen LogP contribution < -0.4 is 19.5 Å². The van der Waals surface area contributed by atoms with Crippen molar-refractivity contribution < 1.29 is 19.0 Å². The Morgan fingerprint density at radius 3 is 2.62 bits per heavy atom. The molecule has 0 aliphatic carbocycles. The molecule has 1 amide bonds. The number of nitrogens with zero attached hydrogens (tertiary/aromatic N) is 1. The average Bonchev–Trinajstić information content (AvgIpc) is 3.08. The Morgan fingerprint density at radius 1 is 1.23 bits per heavy atom. The molecule has 6 nitrogen and oxygen atoms in total. The van der Waals surface area contributed by atoms with Crippen LogP contribution in [-0.4, -0.2) is 19.8 Å². The summed E-state index contributed by atoms with van der Waals surface area (Å²) >= 11 is 0. The van der Waals surface area contributed by atoms with Crippen LogP contribution in [0.25, 0.3) is 6.08 Å². The van der Waals surface area contributed by atoms with Crippen molar-refractivity contribution in [2.24, 2.45) is 0 Å². The molecule has 6 heteroatoms. The highest BCUT2D eigenvalue weighted by atomic mass is 16.7. The number of hydrogen-bond acceptors (Lipinski definition) is 5. The molecule has 0 fully saturated rings. The monoisotopic (exact) mass is 350 g/mol. The van der Waals surface area contributed by atoms with E-state index in [9.17, 15) is 10.1 Å². The van der Waals surface area contributed by atoms with Crippen LogP contribution in [0.15, 0.2) is 35.9 Å². The zero-order chi connectivity index (χ0) is 18.7. The highest BCUT2D eigenvalue weighted by molar-refractivity contribution is 6.10. The van der Waals surface area contributed by atoms with E-state index < -0.39 is 5.91 Å². The lowest BCUT2D eigenvalue weighted by Crippen LogP contribution is -2.14. The minimum absolute atomic E-state index is 0.0397. The van der Waals surface area contributed by atoms with Crippen LogP contribution in [-0.2, 0) is 4.79 Å². The number of hydrogen-bond donors (Lipinski definition) is 1. The number of nitrogens with one attached hydrogen (secondary N) is 1. The number of carbonyl (C=O) groups excluding carboxylic acids is 1. The standard InChI is InChI=1S/C20H18N2O4/c1-12-4-5-16(13(2)6-12)22-20(23)15(10-21)7-14-8-18-19(26-11-25-18)9-17(14)24-3/h4-9H,11H2,1-3H3,(H,22,23)/b15-7+. The highest BCUT2D eigenvalue weighted by Crippen LogP contribution is 2.38. The van der Waals surface area contributed by atoms with Crippen LogP contribution in [0.2, 0.25) is 0 Å². The minimum atomic E-state index is -0.487. The van der Waals surface area contributed by atoms with Gasteiger partial charge in [0.25, 0.3) is 5.91 Å². The predicted octanol–water partition coefficient (Wildman–Crippen LogP) is 3.59. The van der Waals surface area contributed by atoms with Crippen LogP contribution in [0.1, 0.15) is 16.7 Å². The minimum Gasteiger partial charge on any atom is -0.496 e. The molecule has 1 N–H and O–H groups in total. The Morgan fingerprint density at radius 2 is 1.96 bits per heavy atom. The van der Waals surface area contributed by atoms with E-state index in [1.54, 1.807) is 12.1 Å². The second-order valence-electron chi connectivity index (χ2n) is 5.89. The molecule has 0 saturated carbocycles. The van der Waals surface area contributed by atoms with Gasteiger partial charge in [-0.3, -0.25) is 4.79 Å². The molecule has 3 rings (SSSR count). The number of fused-ring (bicyclic) bond motifs is 1. The first kappa shape index (κ1) is 17.4. The second kappa shape index (κ2) is 7.19. The Kier molecular flexibility index (Phi) is 4.81. The molecular weight excluding hydrogens is 332 g/mol. The Balaban J connectivity index is 1.91. The van der Waals surface area contributed by atoms with Gasteiger partial charge in [-0.2, -0.15) is 5.26 Å². The lowest BCUT2D eigenvalue weighted by atomic mass is 10.1. The summed E-state index contributed by atoms with van der Waals surface area (Å²) in [4.78, 5) is 12.5. The van der Waals surface area contributed by atoms with E-state index in [1.807, 2.05) is 38.1 Å². The quantitative estimate of drug-likeness (QED) is 0.673. The third-order valence-corrected chi connectivity index (χ3v) is 4.02. The van der Waals surface area contributed by atoms with Crippen LogP contribution in [0, 0.1) is 25.2 Å². The van der Waals surface area contributed by atoms with E-state index in [2.05, 4.69) is 5.32 Å². The normalized spacial score (nSPS) is 12.5. The van der Waals surface area contributed by atoms with Crippen molar-refractivity contribution in [3.63, 3.8) is 0 Å². The van der Waals surface area contributed by atoms with Crippen molar-refractivity contribution in [2.75, 3.05) is 19.2 Å². The molecule has 132 valence electrons. The van der Waals surface area contributed by atoms with Gasteiger partial charge in [-0.1, -0.05) is 17.7 Å². The Labute approximate surface area is 151 Å². The van der Waals surface area contributed by atoms with Crippen molar-refractivity contribution in [3.05, 3.63) is 52.6 Å². The summed E-state index contributed by atoms with van der Waals surface area (Å²) in [7, 11) is 1.51. The number of rotatable bonds is 4. The van der Waals surface area contributed by atoms with Gasteiger partial charge < -0.3 is 19.5 Å². The number of amides is 1. The van der Waals surface area contributed by atoms with E-state index in [0.717, 1.165) is 11.1 Å². The summed E-state index contributed by atoms with van der Waals surface area (Å²) < 4.78 is 16.0. The molecule has 0 saturated heterocycles. The van der Waals surface area contributed by atoms with Crippen LogP contribution in [0.4, 0.5) is 5.69 Å². The van der Waals surface area contributed by atoms with E-state index in [-0.39, 0.29) is 12.4 Å². The molecule has 0 spiro atoms. The molecule has 0 radical (unpaired) electrons. The maximum absolute atomic E-state index is 12.5. The van der Waals surface area contributed by atoms with Crippen molar-refractivity contribution in [3.8, 4) is 23.3 Å². The maximum Gasteiger partial charge on any atom is 0.266 e. The molecule has 1 aliphatic rings. The van der Waals surface area contributed by atoms with E-state index in [0.29, 0.717) is 28.5 Å². The van der Waals surface area contributed by atoms with Gasteiger partial charge in [0.15, 0.2) is 11.5 Å². The summed E-state index contributed by atoms with van der Waals surface area (Å²) in [5, 5.41) is 12.2. The number of nitriles is 1. The molecule has 0 atom stereocenters. The lowest BCUT2D eigenvalue weighted by Gasteiger charge is -2.10. The summed E-state index contributed by atoms with van der Waals surface area (Å²) in [5.74, 6) is 1.11. The van der Waals surface area contributed by atoms with Crippen LogP contribution >= 0.6 is 0 Å². The van der Waals surface area contributed by atoms with E-state index in [4.69, 9.17) is 14.2 Å². The number of ether oxygens (including phenoxy) is 3. The number of methoxy groups -OCH3 is 1. The van der Waals surface area contributed by atoms with Gasteiger partial charge in [0.1, 0.15) is 17.4 Å². The zero-order valence-electron chi connectivity index (χ0n) is 14.8. The van der Waals surface area contributed by atoms with E-state index in [1.165, 1.54) is 13.2 Å². The summed E-state index contributed by atoms with van der Waals surface area (Å²) in [6.45, 7) is 4.01. The maximum atomic E-state index is 12.5. The molecule has 26 heavy (non-hydrogen) atoms. The number of anilines is 1. The topological polar surface area (TPSA) is 80.6 Å². The predicted molar refractivity (Wildman–Crippen MR) is 97.3 cm³/mol. The zero-order valence-corrected chi connectivity index (χ0v) is 14.8. The molecule has 2 aromatic carbocycles. The molecule has 0 bridgehead atoms. The SMILES string of the molecule is COc1cc2c(cc1/C=C(\C#N)C(=O)Nc1ccc(C)cc1C)OCO2. The van der Waals surface area contributed by atoms with Crippen molar-refractivity contribution in [2.45, 2.75) is 13.8 Å². The van der Waals surface area contributed by atoms with Gasteiger partial charge in [0.2, 0.25) is 6.79 Å². The number of aryl methyl sites for hydroxylation is 2. The summed E-state index contributed by atoms with van der Waals surface area (Å²) in [6.07, 6.45) is 1.47. The van der Waals surface area contributed by atoms with Gasteiger partial charge in [-0.15, -0.1) is 0 Å². The molecule has 0 unspecified atom stereocenters. The first-order valence-corrected chi connectivity index (χ1v) is 8.00. The number of carbonyl (C=O) groups is 1. The Hall–Kier alpha value is -3.46. The van der Waals surface area contributed by atoms with Crippen molar-refractivity contribution in [1.82, 2.24) is 0 Å². The molecule has 1 aliphatic heterocycles. The van der Waals surface area contributed by atoms with Crippen LogP contribution in [0.5, 0.6) is 17.2 Å². The van der Waals surface area contributed by atoms with Gasteiger partial charge in [0.05, 0.1) is 7.11 Å². The summed E-state index contributed by atoms with van der Waals surface area (Å²) in [6, 6.07) is 11.0. The third kappa shape index (κ3) is 3.47. The van der Waals surface area contributed by atoms with Gasteiger partial charge in [-0.05, 0) is 37.6 Å². The van der Waals surface area contributed by atoms with Gasteiger partial charge >= 0.3 is 0 Å². The second-order valence-corrected chi connectivity index (χ2v) is 5.89. The lowest BCUT2D eigenvalue weighted by molar-refractivity contribution is -0.112. The fraction of sp³-hybridized carbons (Fsp3) is 0.200. The van der Waals surface area contributed by atoms with Crippen molar-refractivity contribution >= 4 is 17.7 Å². The average molecular weight is 350 g/mol. The first-order chi connectivity index (χ1) is 12.5. The Bertz CT molecular complexity index is 942. The van der Waals surface area contributed by atoms with Gasteiger partial charge in [0, 0.05) is 17.3 Å². The number of benzene rings is 2. The smallest absolute Gasteiger partial charge is 0.266 e. The molecular formula is C20H18N2O4. The van der Waals surface area contributed by atoms with E-state index >= 15 is 0 Å². The summed E-state index contributed by atoms with van der Waals surface area (Å²) in [5.41, 5.74) is 3.21.